The van der Waals surface area contributed by atoms with E-state index in [1.807, 2.05) is 54.3 Å². The molecular formula is C49H49N9O5. The Morgan fingerprint density at radius 3 is 2.37 bits per heavy atom. The van der Waals surface area contributed by atoms with Crippen molar-refractivity contribution in [3.05, 3.63) is 125 Å². The van der Waals surface area contributed by atoms with Gasteiger partial charge in [0.25, 0.3) is 0 Å². The van der Waals surface area contributed by atoms with Crippen molar-refractivity contribution in [1.82, 2.24) is 29.3 Å². The summed E-state index contributed by atoms with van der Waals surface area (Å²) in [6.45, 7) is 6.57. The minimum Gasteiger partial charge on any atom is -0.312 e. The standard InChI is InChI=1S/C49H49N9O5/c1-31-38(17-21-51-46(31)57-26-25-56(49(57)63)37-5-3-20-50-29-37)39-13-12-36(55-22-4-6-45(55)60)28-40(39)34-10-8-33(9-11-34)35-19-24-54(30-35)23-18-32-7-14-41-43(27-32)53(2)48(62)58(41)42-15-16-44(59)52-47(42)61/h3,5,7-14,17,20-21,27-29,35,42H,4,6,15-16,18-19,22-26,30H2,1-2H3,(H,52,59,61). The molecule has 4 fully saturated rings. The van der Waals surface area contributed by atoms with Crippen molar-refractivity contribution in [3.8, 4) is 22.3 Å². The fraction of sp³-hybridized carbons (Fsp3) is 0.327. The number of aryl methyl sites for hydroxylation is 1. The molecule has 0 radical (unpaired) electrons. The van der Waals surface area contributed by atoms with Crippen LogP contribution in [0.15, 0.2) is 102 Å². The Labute approximate surface area is 364 Å². The summed E-state index contributed by atoms with van der Waals surface area (Å²) in [5, 5.41) is 2.38. The van der Waals surface area contributed by atoms with Gasteiger partial charge in [0.15, 0.2) is 0 Å². The first-order chi connectivity index (χ1) is 30.6. The Kier molecular flexibility index (Phi) is 10.5. The maximum absolute atomic E-state index is 13.7. The number of amides is 5. The number of carbonyl (C=O) groups is 4. The van der Waals surface area contributed by atoms with Crippen LogP contribution in [0, 0.1) is 6.92 Å². The average Bonchev–Trinajstić information content (AvgIpc) is 4.10. The summed E-state index contributed by atoms with van der Waals surface area (Å²) < 4.78 is 3.11. The van der Waals surface area contributed by atoms with E-state index in [1.54, 1.807) is 40.0 Å². The van der Waals surface area contributed by atoms with Crippen LogP contribution < -0.4 is 25.7 Å². The average molecular weight is 844 g/mol. The van der Waals surface area contributed by atoms with Crippen LogP contribution in [0.4, 0.5) is 22.0 Å². The smallest absolute Gasteiger partial charge is 0.312 e. The quantitative estimate of drug-likeness (QED) is 0.157. The van der Waals surface area contributed by atoms with Crippen LogP contribution in [0.5, 0.6) is 0 Å². The Balaban J connectivity index is 0.866. The minimum absolute atomic E-state index is 0.131. The van der Waals surface area contributed by atoms with E-state index >= 15 is 0 Å². The summed E-state index contributed by atoms with van der Waals surface area (Å²) in [6, 6.07) is 26.0. The number of nitrogens with one attached hydrogen (secondary N) is 1. The first-order valence-corrected chi connectivity index (χ1v) is 21.9. The first-order valence-electron chi connectivity index (χ1n) is 21.9. The predicted molar refractivity (Wildman–Crippen MR) is 242 cm³/mol. The van der Waals surface area contributed by atoms with E-state index in [0.717, 1.165) is 89.2 Å². The summed E-state index contributed by atoms with van der Waals surface area (Å²) in [4.78, 5) is 81.1. The fourth-order valence-electron chi connectivity index (χ4n) is 9.99. The molecule has 14 nitrogen and oxygen atoms in total. The number of piperidine rings is 1. The highest BCUT2D eigenvalue weighted by Gasteiger charge is 2.34. The molecule has 4 saturated heterocycles. The summed E-state index contributed by atoms with van der Waals surface area (Å²) >= 11 is 0. The molecule has 6 aromatic rings. The molecule has 2 atom stereocenters. The van der Waals surface area contributed by atoms with Crippen molar-refractivity contribution < 1.29 is 19.2 Å². The number of imide groups is 1. The molecule has 3 aromatic heterocycles. The number of hydrogen-bond donors (Lipinski definition) is 1. The number of hydrogen-bond acceptors (Lipinski definition) is 8. The van der Waals surface area contributed by atoms with Gasteiger partial charge in [0.2, 0.25) is 17.7 Å². The number of carbonyl (C=O) groups excluding carboxylic acids is 4. The van der Waals surface area contributed by atoms with E-state index in [4.69, 9.17) is 4.98 Å². The second kappa shape index (κ2) is 16.4. The maximum atomic E-state index is 13.7. The Hall–Kier alpha value is -6.93. The van der Waals surface area contributed by atoms with Crippen molar-refractivity contribution in [2.45, 2.75) is 57.4 Å². The number of aromatic nitrogens is 4. The zero-order valence-electron chi connectivity index (χ0n) is 35.5. The van der Waals surface area contributed by atoms with E-state index in [9.17, 15) is 24.0 Å². The van der Waals surface area contributed by atoms with E-state index in [-0.39, 0.29) is 30.0 Å². The molecule has 5 amide bonds. The molecule has 4 aliphatic heterocycles. The van der Waals surface area contributed by atoms with Gasteiger partial charge in [0.05, 0.1) is 22.9 Å². The van der Waals surface area contributed by atoms with Crippen LogP contribution in [0.2, 0.25) is 0 Å². The van der Waals surface area contributed by atoms with Gasteiger partial charge < -0.3 is 9.80 Å². The van der Waals surface area contributed by atoms with Crippen LogP contribution in [0.1, 0.15) is 60.8 Å². The van der Waals surface area contributed by atoms with Gasteiger partial charge in [-0.2, -0.15) is 0 Å². The van der Waals surface area contributed by atoms with Crippen molar-refractivity contribution in [1.29, 1.82) is 0 Å². The van der Waals surface area contributed by atoms with E-state index in [0.29, 0.717) is 49.7 Å². The Morgan fingerprint density at radius 2 is 1.59 bits per heavy atom. The molecule has 320 valence electrons. The van der Waals surface area contributed by atoms with E-state index in [1.165, 1.54) is 10.1 Å². The molecular weight excluding hydrogens is 795 g/mol. The maximum Gasteiger partial charge on any atom is 0.330 e. The Morgan fingerprint density at radius 1 is 0.746 bits per heavy atom. The number of fused-ring (bicyclic) bond motifs is 1. The first kappa shape index (κ1) is 40.2. The molecule has 2 unspecified atom stereocenters. The van der Waals surface area contributed by atoms with Crippen molar-refractivity contribution >= 4 is 52.0 Å². The summed E-state index contributed by atoms with van der Waals surface area (Å²) in [5.74, 6) is 0.410. The second-order valence-electron chi connectivity index (χ2n) is 17.1. The summed E-state index contributed by atoms with van der Waals surface area (Å²) in [5.41, 5.74) is 10.2. The van der Waals surface area contributed by atoms with Crippen LogP contribution in [-0.2, 0) is 27.9 Å². The third kappa shape index (κ3) is 7.37. The Bertz CT molecular complexity index is 2850. The van der Waals surface area contributed by atoms with Crippen LogP contribution >= 0.6 is 0 Å². The highest BCUT2D eigenvalue weighted by Crippen LogP contribution is 2.41. The lowest BCUT2D eigenvalue weighted by Gasteiger charge is -2.23. The molecule has 7 heterocycles. The van der Waals surface area contributed by atoms with Crippen LogP contribution in [0.3, 0.4) is 0 Å². The van der Waals surface area contributed by atoms with Gasteiger partial charge in [-0.25, -0.2) is 14.6 Å². The molecule has 0 bridgehead atoms. The lowest BCUT2D eigenvalue weighted by Crippen LogP contribution is -2.44. The van der Waals surface area contributed by atoms with Gasteiger partial charge in [0, 0.05) is 70.7 Å². The van der Waals surface area contributed by atoms with Crippen molar-refractivity contribution in [2.75, 3.05) is 54.0 Å². The van der Waals surface area contributed by atoms with E-state index < -0.39 is 11.9 Å². The largest absolute Gasteiger partial charge is 0.330 e. The third-order valence-electron chi connectivity index (χ3n) is 13.4. The SMILES string of the molecule is Cc1c(-c2ccc(N3CCCC3=O)cc2-c2ccc(C3CCN(CCc4ccc5c(c4)n(C)c(=O)n5C4CCC(=O)NC4=O)C3)cc2)ccnc1N1CCN(c2cccnc2)C1=O. The monoisotopic (exact) mass is 843 g/mol. The van der Waals surface area contributed by atoms with Gasteiger partial charge in [-0.15, -0.1) is 0 Å². The number of likely N-dealkylation sites (tertiary alicyclic amines) is 1. The topological polar surface area (TPSA) is 146 Å². The van der Waals surface area contributed by atoms with Gasteiger partial charge >= 0.3 is 11.7 Å². The zero-order chi connectivity index (χ0) is 43.4. The number of nitrogens with zero attached hydrogens (tertiary/aromatic N) is 8. The normalized spacial score (nSPS) is 19.6. The third-order valence-corrected chi connectivity index (χ3v) is 13.4. The highest BCUT2D eigenvalue weighted by molar-refractivity contribution is 6.06. The molecule has 4 aliphatic rings. The molecule has 1 N–H and O–H groups in total. The summed E-state index contributed by atoms with van der Waals surface area (Å²) in [6.07, 6.45) is 8.95. The molecule has 14 heteroatoms. The molecule has 3 aromatic carbocycles. The molecule has 0 aliphatic carbocycles. The number of imidazole rings is 1. The number of anilines is 3. The van der Waals surface area contributed by atoms with Gasteiger partial charge in [0.1, 0.15) is 11.9 Å². The molecule has 10 rings (SSSR count). The van der Waals surface area contributed by atoms with Crippen LogP contribution in [0.25, 0.3) is 33.3 Å². The molecule has 0 saturated carbocycles. The second-order valence-corrected chi connectivity index (χ2v) is 17.1. The summed E-state index contributed by atoms with van der Waals surface area (Å²) in [7, 11) is 1.73. The van der Waals surface area contributed by atoms with Gasteiger partial charge in [-0.05, 0) is 126 Å². The number of pyridine rings is 2. The zero-order valence-corrected chi connectivity index (χ0v) is 35.5. The van der Waals surface area contributed by atoms with Crippen molar-refractivity contribution in [2.24, 2.45) is 7.05 Å². The molecule has 0 spiro atoms. The lowest BCUT2D eigenvalue weighted by molar-refractivity contribution is -0.135. The highest BCUT2D eigenvalue weighted by atomic mass is 16.2. The van der Waals surface area contributed by atoms with Crippen LogP contribution in [-0.4, -0.2) is 87.0 Å². The van der Waals surface area contributed by atoms with E-state index in [2.05, 4.69) is 51.6 Å². The number of urea groups is 1. The number of benzene rings is 3. The fourth-order valence-corrected chi connectivity index (χ4v) is 9.99. The van der Waals surface area contributed by atoms with Gasteiger partial charge in [-0.1, -0.05) is 36.4 Å². The van der Waals surface area contributed by atoms with Gasteiger partial charge in [-0.3, -0.25) is 43.6 Å². The lowest BCUT2D eigenvalue weighted by atomic mass is 9.90. The number of rotatable bonds is 10. The van der Waals surface area contributed by atoms with Crippen molar-refractivity contribution in [3.63, 3.8) is 0 Å². The molecule has 63 heavy (non-hydrogen) atoms. The minimum atomic E-state index is -0.703. The predicted octanol–water partition coefficient (Wildman–Crippen LogP) is 6.36.